The van der Waals surface area contributed by atoms with E-state index in [0.717, 1.165) is 0 Å². The number of allylic oxidation sites excluding steroid dienone is 3. The topological polar surface area (TPSA) is 0 Å². The highest BCUT2D eigenvalue weighted by Gasteiger charge is 1.15. The van der Waals surface area contributed by atoms with Crippen LogP contribution in [0.5, 0.6) is 0 Å². The van der Waals surface area contributed by atoms with Crippen molar-refractivity contribution in [3.63, 3.8) is 0 Å². The van der Waals surface area contributed by atoms with Gasteiger partial charge in [-0.1, -0.05) is 18.2 Å². The van der Waals surface area contributed by atoms with Crippen molar-refractivity contribution in [3.8, 4) is 0 Å². The van der Waals surface area contributed by atoms with E-state index in [4.69, 9.17) is 0 Å². The summed E-state index contributed by atoms with van der Waals surface area (Å²) in [5.74, 6) is 0. The molecule has 0 atom stereocenters. The lowest BCUT2D eigenvalue weighted by molar-refractivity contribution is 1.80. The normalized spacial score (nSPS) is 3.90. The molecule has 0 saturated carbocycles. The first-order valence-electron chi connectivity index (χ1n) is 2.96. The Bertz CT molecular complexity index is 41.5. The van der Waals surface area contributed by atoms with Crippen molar-refractivity contribution >= 4 is 13.5 Å². The molecule has 0 aromatic carbocycles. The molecule has 0 N–H and O–H groups in total. The van der Waals surface area contributed by atoms with Gasteiger partial charge in [0.25, 0.3) is 0 Å². The van der Waals surface area contributed by atoms with Crippen molar-refractivity contribution in [1.29, 1.82) is 0 Å². The fourth-order valence-electron chi connectivity index (χ4n) is 0. The molecular formula is C9H20S. The van der Waals surface area contributed by atoms with Crippen molar-refractivity contribution in [2.75, 3.05) is 0 Å². The lowest BCUT2D eigenvalue weighted by atomic mass is 10.8. The van der Waals surface area contributed by atoms with Crippen molar-refractivity contribution in [1.82, 2.24) is 0 Å². The van der Waals surface area contributed by atoms with Gasteiger partial charge in [0.1, 0.15) is 0 Å². The van der Waals surface area contributed by atoms with Crippen LogP contribution >= 0.6 is 13.5 Å². The van der Waals surface area contributed by atoms with E-state index in [-0.39, 0.29) is 13.5 Å². The molecule has 0 bridgehead atoms. The monoisotopic (exact) mass is 160 g/mol. The summed E-state index contributed by atoms with van der Waals surface area (Å²) in [6.07, 6.45) is 5.25. The van der Waals surface area contributed by atoms with Gasteiger partial charge in [-0.15, -0.1) is 19.7 Å². The Morgan fingerprint density at radius 3 is 0.700 bits per heavy atom. The first-order valence-corrected chi connectivity index (χ1v) is 2.96. The maximum absolute atomic E-state index is 3.36. The molecule has 10 heavy (non-hydrogen) atoms. The Morgan fingerprint density at radius 2 is 0.700 bits per heavy atom. The van der Waals surface area contributed by atoms with Crippen LogP contribution in [0.4, 0.5) is 0 Å². The minimum absolute atomic E-state index is 0. The van der Waals surface area contributed by atoms with E-state index in [1.165, 1.54) is 0 Å². The largest absolute Gasteiger partial charge is 0.197 e. The zero-order chi connectivity index (χ0) is 8.12. The summed E-state index contributed by atoms with van der Waals surface area (Å²) in [5, 5.41) is 0. The molecule has 0 heterocycles. The summed E-state index contributed by atoms with van der Waals surface area (Å²) in [6, 6.07) is 0. The zero-order valence-electron chi connectivity index (χ0n) is 7.35. The zero-order valence-corrected chi connectivity index (χ0v) is 8.35. The molecule has 0 aliphatic rings. The molecule has 0 radical (unpaired) electrons. The molecular weight excluding hydrogens is 140 g/mol. The summed E-state index contributed by atoms with van der Waals surface area (Å²) >= 11 is 0. The fourth-order valence-corrected chi connectivity index (χ4v) is 0. The van der Waals surface area contributed by atoms with E-state index in [1.54, 1.807) is 18.2 Å². The minimum atomic E-state index is 0. The van der Waals surface area contributed by atoms with Gasteiger partial charge in [-0.05, 0) is 20.8 Å². The lowest BCUT2D eigenvalue weighted by Crippen LogP contribution is -1.07. The molecule has 0 fully saturated rings. The molecule has 0 aliphatic heterocycles. The van der Waals surface area contributed by atoms with Crippen LogP contribution in [0.1, 0.15) is 20.8 Å². The second kappa shape index (κ2) is 74.4. The average molecular weight is 160 g/mol. The molecule has 0 saturated heterocycles. The molecule has 0 unspecified atom stereocenters. The maximum atomic E-state index is 3.36. The van der Waals surface area contributed by atoms with E-state index >= 15 is 0 Å². The number of hydrogen-bond donors (Lipinski definition) is 0. The third-order valence-electron chi connectivity index (χ3n) is 0. The van der Waals surface area contributed by atoms with Crippen molar-refractivity contribution in [2.24, 2.45) is 0 Å². The summed E-state index contributed by atoms with van der Waals surface area (Å²) in [6.45, 7) is 15.8. The standard InChI is InChI=1S/3C3H6.H2S/c3*1-3-2;/h3*3H,1H2,2H3;1H2. The molecule has 0 nitrogen and oxygen atoms in total. The minimum Gasteiger partial charge on any atom is -0.197 e. The van der Waals surface area contributed by atoms with Gasteiger partial charge in [-0.3, -0.25) is 0 Å². The van der Waals surface area contributed by atoms with Crippen LogP contribution in [-0.4, -0.2) is 0 Å². The van der Waals surface area contributed by atoms with Crippen LogP contribution < -0.4 is 0 Å². The van der Waals surface area contributed by atoms with E-state index in [2.05, 4.69) is 19.7 Å². The smallest absolute Gasteiger partial charge is 0.0473 e. The van der Waals surface area contributed by atoms with Crippen LogP contribution in [0, 0.1) is 0 Å². The van der Waals surface area contributed by atoms with Gasteiger partial charge in [0.05, 0.1) is 0 Å². The Balaban J connectivity index is -0.0000000257. The van der Waals surface area contributed by atoms with Crippen molar-refractivity contribution in [3.05, 3.63) is 38.0 Å². The number of rotatable bonds is 0. The predicted molar refractivity (Wildman–Crippen MR) is 58.0 cm³/mol. The van der Waals surface area contributed by atoms with Crippen molar-refractivity contribution in [2.45, 2.75) is 20.8 Å². The van der Waals surface area contributed by atoms with Gasteiger partial charge < -0.3 is 0 Å². The Morgan fingerprint density at radius 1 is 0.700 bits per heavy atom. The predicted octanol–water partition coefficient (Wildman–Crippen LogP) is 3.69. The van der Waals surface area contributed by atoms with E-state index in [9.17, 15) is 0 Å². The fraction of sp³-hybridized carbons (Fsp3) is 0.333. The summed E-state index contributed by atoms with van der Waals surface area (Å²) in [5.41, 5.74) is 0. The van der Waals surface area contributed by atoms with E-state index in [1.807, 2.05) is 20.8 Å². The Labute approximate surface area is 72.8 Å². The molecule has 0 amide bonds. The molecule has 0 aromatic rings. The van der Waals surface area contributed by atoms with Crippen LogP contribution in [-0.2, 0) is 0 Å². The van der Waals surface area contributed by atoms with Gasteiger partial charge in [-0.2, -0.15) is 13.5 Å². The van der Waals surface area contributed by atoms with Crippen LogP contribution in [0.25, 0.3) is 0 Å². The molecule has 1 heteroatoms. The Hall–Kier alpha value is -0.430. The highest BCUT2D eigenvalue weighted by molar-refractivity contribution is 7.59. The van der Waals surface area contributed by atoms with Gasteiger partial charge >= 0.3 is 0 Å². The quantitative estimate of drug-likeness (QED) is 0.474. The van der Waals surface area contributed by atoms with Gasteiger partial charge in [0.2, 0.25) is 0 Å². The van der Waals surface area contributed by atoms with Crippen LogP contribution in [0.15, 0.2) is 38.0 Å². The lowest BCUT2D eigenvalue weighted by Gasteiger charge is -1.31. The molecule has 0 spiro atoms. The van der Waals surface area contributed by atoms with Gasteiger partial charge in [0, 0.05) is 0 Å². The van der Waals surface area contributed by atoms with E-state index < -0.39 is 0 Å². The second-order valence-corrected chi connectivity index (χ2v) is 1.22. The summed E-state index contributed by atoms with van der Waals surface area (Å²) in [4.78, 5) is 0. The highest BCUT2D eigenvalue weighted by atomic mass is 32.1. The SMILES string of the molecule is C=CC.C=CC.C=CC.S. The summed E-state index contributed by atoms with van der Waals surface area (Å²) < 4.78 is 0. The van der Waals surface area contributed by atoms with Gasteiger partial charge in [-0.25, -0.2) is 0 Å². The van der Waals surface area contributed by atoms with E-state index in [0.29, 0.717) is 0 Å². The van der Waals surface area contributed by atoms with Gasteiger partial charge in [0.15, 0.2) is 0 Å². The second-order valence-electron chi connectivity index (χ2n) is 1.22. The number of hydrogen-bond acceptors (Lipinski definition) is 0. The third kappa shape index (κ3) is 1770. The highest BCUT2D eigenvalue weighted by Crippen LogP contribution is 1.38. The van der Waals surface area contributed by atoms with Crippen LogP contribution in [0.2, 0.25) is 0 Å². The molecule has 62 valence electrons. The van der Waals surface area contributed by atoms with Crippen LogP contribution in [0.3, 0.4) is 0 Å². The summed E-state index contributed by atoms with van der Waals surface area (Å²) in [7, 11) is 0. The molecule has 0 aliphatic carbocycles. The first-order chi connectivity index (χ1) is 4.24. The molecule has 0 aromatic heterocycles. The maximum Gasteiger partial charge on any atom is -0.0473 e. The Kier molecular flexibility index (Phi) is 168. The van der Waals surface area contributed by atoms with Crippen molar-refractivity contribution < 1.29 is 0 Å². The molecule has 0 rings (SSSR count). The average Bonchev–Trinajstić information content (AvgIpc) is 1.70. The first kappa shape index (κ1) is 22.7. The third-order valence-corrected chi connectivity index (χ3v) is 0.